The minimum Gasteiger partial charge on any atom is -0.374 e. The van der Waals surface area contributed by atoms with Crippen molar-refractivity contribution < 1.29 is 32.7 Å². The Morgan fingerprint density at radius 3 is 2.67 bits per heavy atom. The molecule has 1 radical (unpaired) electrons. The van der Waals surface area contributed by atoms with Crippen LogP contribution in [0.5, 0.6) is 0 Å². The summed E-state index contributed by atoms with van der Waals surface area (Å²) in [6.07, 6.45) is 6.29. The van der Waals surface area contributed by atoms with Crippen LogP contribution >= 0.6 is 15.9 Å². The minimum atomic E-state index is 0. The van der Waals surface area contributed by atoms with Gasteiger partial charge in [0.05, 0.1) is 0 Å². The number of hydrogen-bond donors (Lipinski definition) is 0. The van der Waals surface area contributed by atoms with Crippen molar-refractivity contribution in [2.75, 3.05) is 0 Å². The summed E-state index contributed by atoms with van der Waals surface area (Å²) in [4.78, 5) is 7.77. The molecule has 0 aliphatic rings. The van der Waals surface area contributed by atoms with Crippen molar-refractivity contribution in [3.05, 3.63) is 41.6 Å². The van der Waals surface area contributed by atoms with E-state index in [1.807, 2.05) is 38.5 Å². The quantitative estimate of drug-likeness (QED) is 0.687. The molecule has 0 atom stereocenters. The number of benzene rings is 1. The van der Waals surface area contributed by atoms with Gasteiger partial charge in [-0.05, 0) is 5.52 Å². The second-order valence-corrected chi connectivity index (χ2v) is 3.67. The van der Waals surface area contributed by atoms with Crippen LogP contribution in [0.15, 0.2) is 28.9 Å². The van der Waals surface area contributed by atoms with Gasteiger partial charge in [-0.3, -0.25) is 0 Å². The molecule has 1 heterocycles. The Morgan fingerprint density at radius 1 is 1.33 bits per heavy atom. The van der Waals surface area contributed by atoms with Gasteiger partial charge in [-0.2, -0.15) is 13.8 Å². The Balaban J connectivity index is 0.000000443. The molecule has 0 saturated heterocycles. The molecular weight excluding hydrogens is 329 g/mol. The van der Waals surface area contributed by atoms with Crippen molar-refractivity contribution in [3.63, 3.8) is 0 Å². The largest absolute Gasteiger partial charge is 0.374 e. The summed E-state index contributed by atoms with van der Waals surface area (Å²) < 4.78 is 1.03. The molecule has 2 rings (SSSR count). The van der Waals surface area contributed by atoms with Gasteiger partial charge in [-0.25, -0.2) is 0 Å². The third-order valence-electron chi connectivity index (χ3n) is 1.42. The maximum absolute atomic E-state index is 3.98. The molecule has 77 valence electrons. The molecule has 1 aromatic carbocycles. The van der Waals surface area contributed by atoms with Crippen LogP contribution in [0.2, 0.25) is 0 Å². The van der Waals surface area contributed by atoms with Crippen LogP contribution in [0.25, 0.3) is 10.9 Å². The fourth-order valence-corrected chi connectivity index (χ4v) is 1.25. The van der Waals surface area contributed by atoms with Crippen molar-refractivity contribution in [2.24, 2.45) is 0 Å². The third kappa shape index (κ3) is 5.14. The van der Waals surface area contributed by atoms with Crippen LogP contribution in [0.1, 0.15) is 13.8 Å². The maximum atomic E-state index is 3.98. The van der Waals surface area contributed by atoms with E-state index in [4.69, 9.17) is 0 Å². The topological polar surface area (TPSA) is 25.8 Å². The van der Waals surface area contributed by atoms with Crippen molar-refractivity contribution in [2.45, 2.75) is 13.8 Å². The molecule has 15 heavy (non-hydrogen) atoms. The van der Waals surface area contributed by atoms with Gasteiger partial charge < -0.3 is 16.4 Å². The summed E-state index contributed by atoms with van der Waals surface area (Å²) in [5.74, 6) is 0. The zero-order chi connectivity index (χ0) is 10.4. The first-order valence-electron chi connectivity index (χ1n) is 4.30. The molecule has 0 aliphatic heterocycles. The number of nitrogens with zero attached hydrogens (tertiary/aromatic N) is 2. The van der Waals surface area contributed by atoms with E-state index in [0.29, 0.717) is 0 Å². The third-order valence-corrected chi connectivity index (χ3v) is 1.92. The van der Waals surface area contributed by atoms with Crippen LogP contribution in [0, 0.1) is 12.7 Å². The summed E-state index contributed by atoms with van der Waals surface area (Å²) in [5, 5.41) is 1.03. The van der Waals surface area contributed by atoms with E-state index in [9.17, 15) is 0 Å². The fraction of sp³-hybridized carbons (Fsp3) is 0.182. The Kier molecular flexibility index (Phi) is 8.39. The predicted molar refractivity (Wildman–Crippen MR) is 61.7 cm³/mol. The SMILES string of the molecule is Brc1ccc2cn[c-]nc2c1.C[CH-]C.[Y]. The fourth-order valence-electron chi connectivity index (χ4n) is 0.904. The standard InChI is InChI=1S/C8H4BrN2.C3H7.Y/c9-7-2-1-6-4-10-5-11-8(6)3-7;1-3-2;/h1-4H;3H,1-2H3;/q2*-1;. The van der Waals surface area contributed by atoms with Crippen LogP contribution in [-0.2, 0) is 32.7 Å². The Labute approximate surface area is 124 Å². The number of halogens is 1. The second-order valence-electron chi connectivity index (χ2n) is 2.75. The monoisotopic (exact) mass is 339 g/mol. The van der Waals surface area contributed by atoms with E-state index < -0.39 is 0 Å². The number of hydrogen-bond acceptors (Lipinski definition) is 2. The molecular formula is C11H11BrN2Y-2. The van der Waals surface area contributed by atoms with Crippen molar-refractivity contribution in [1.29, 1.82) is 0 Å². The zero-order valence-corrected chi connectivity index (χ0v) is 13.2. The molecule has 0 spiro atoms. The molecule has 0 saturated carbocycles. The van der Waals surface area contributed by atoms with E-state index in [2.05, 4.69) is 32.2 Å². The van der Waals surface area contributed by atoms with Gasteiger partial charge in [-0.15, -0.1) is 0 Å². The van der Waals surface area contributed by atoms with E-state index in [1.54, 1.807) is 6.20 Å². The van der Waals surface area contributed by atoms with Gasteiger partial charge in [0.2, 0.25) is 0 Å². The van der Waals surface area contributed by atoms with Crippen molar-refractivity contribution in [1.82, 2.24) is 9.97 Å². The molecule has 2 aromatic rings. The number of fused-ring (bicyclic) bond motifs is 1. The van der Waals surface area contributed by atoms with Crippen molar-refractivity contribution >= 4 is 26.8 Å². The van der Waals surface area contributed by atoms with E-state index in [0.717, 1.165) is 15.4 Å². The van der Waals surface area contributed by atoms with Gasteiger partial charge in [0.25, 0.3) is 0 Å². The first kappa shape index (κ1) is 15.1. The molecule has 0 aliphatic carbocycles. The average Bonchev–Trinajstić information content (AvgIpc) is 2.19. The van der Waals surface area contributed by atoms with Crippen LogP contribution in [0.3, 0.4) is 0 Å². The first-order valence-corrected chi connectivity index (χ1v) is 5.09. The molecule has 0 fully saturated rings. The smallest absolute Gasteiger partial charge is 0.0219 e. The average molecular weight is 340 g/mol. The normalized spacial score (nSPS) is 8.73. The maximum Gasteiger partial charge on any atom is 0.0219 e. The van der Waals surface area contributed by atoms with E-state index in [1.165, 1.54) is 0 Å². The Hall–Kier alpha value is 0.144. The van der Waals surface area contributed by atoms with Gasteiger partial charge in [0.15, 0.2) is 0 Å². The summed E-state index contributed by atoms with van der Waals surface area (Å²) in [7, 11) is 0. The molecule has 1 aromatic heterocycles. The molecule has 0 bridgehead atoms. The molecule has 0 unspecified atom stereocenters. The van der Waals surface area contributed by atoms with Gasteiger partial charge in [-0.1, -0.05) is 45.7 Å². The summed E-state index contributed by atoms with van der Waals surface area (Å²) in [5.41, 5.74) is 0.911. The molecule has 0 amide bonds. The summed E-state index contributed by atoms with van der Waals surface area (Å²) in [6.45, 7) is 4.00. The number of rotatable bonds is 0. The molecule has 4 heteroatoms. The van der Waals surface area contributed by atoms with E-state index >= 15 is 0 Å². The van der Waals surface area contributed by atoms with Crippen LogP contribution in [0.4, 0.5) is 0 Å². The summed E-state index contributed by atoms with van der Waals surface area (Å²) >= 11 is 3.36. The first-order chi connectivity index (χ1) is 6.77. The second kappa shape index (κ2) is 8.31. The zero-order valence-electron chi connectivity index (χ0n) is 8.74. The molecule has 2 nitrogen and oxygen atoms in total. The summed E-state index contributed by atoms with van der Waals surface area (Å²) in [6, 6.07) is 5.87. The Bertz CT molecular complexity index is 406. The van der Waals surface area contributed by atoms with Crippen molar-refractivity contribution in [3.8, 4) is 0 Å². The van der Waals surface area contributed by atoms with Gasteiger partial charge in [0.1, 0.15) is 0 Å². The Morgan fingerprint density at radius 2 is 2.00 bits per heavy atom. The number of aromatic nitrogens is 2. The van der Waals surface area contributed by atoms with Crippen LogP contribution < -0.4 is 0 Å². The molecule has 0 N–H and O–H groups in total. The van der Waals surface area contributed by atoms with Crippen LogP contribution in [-0.4, -0.2) is 9.97 Å². The van der Waals surface area contributed by atoms with Gasteiger partial charge in [0, 0.05) is 43.5 Å². The minimum absolute atomic E-state index is 0. The predicted octanol–water partition coefficient (Wildman–Crippen LogP) is 3.42. The van der Waals surface area contributed by atoms with Gasteiger partial charge >= 0.3 is 0 Å². The van der Waals surface area contributed by atoms with E-state index in [-0.39, 0.29) is 32.7 Å².